The third kappa shape index (κ3) is 2.50. The molecular formula is C16H13F3O. The van der Waals surface area contributed by atoms with Crippen molar-refractivity contribution in [2.45, 2.75) is 26.1 Å². The van der Waals surface area contributed by atoms with Gasteiger partial charge in [0.15, 0.2) is 0 Å². The van der Waals surface area contributed by atoms with E-state index in [1.165, 1.54) is 23.3 Å². The first-order valence-corrected chi connectivity index (χ1v) is 6.41. The van der Waals surface area contributed by atoms with Gasteiger partial charge in [0.05, 0.1) is 0 Å². The zero-order valence-electron chi connectivity index (χ0n) is 10.9. The maximum Gasteiger partial charge on any atom is 0.573 e. The monoisotopic (exact) mass is 278 g/mol. The number of ether oxygens (including phenoxy) is 1. The Hall–Kier alpha value is -1.97. The maximum atomic E-state index is 12.2. The Bertz CT molecular complexity index is 659. The molecule has 1 aliphatic carbocycles. The number of hydrogen-bond acceptors (Lipinski definition) is 1. The Morgan fingerprint density at radius 3 is 2.15 bits per heavy atom. The summed E-state index contributed by atoms with van der Waals surface area (Å²) < 4.78 is 40.7. The van der Waals surface area contributed by atoms with Crippen LogP contribution in [0.2, 0.25) is 0 Å². The fourth-order valence-electron chi connectivity index (χ4n) is 2.70. The quantitative estimate of drug-likeness (QED) is 0.737. The highest BCUT2D eigenvalue weighted by atomic mass is 19.4. The molecule has 0 heterocycles. The van der Waals surface area contributed by atoms with Gasteiger partial charge < -0.3 is 4.74 Å². The topological polar surface area (TPSA) is 9.23 Å². The van der Waals surface area contributed by atoms with Crippen LogP contribution in [-0.2, 0) is 12.8 Å². The van der Waals surface area contributed by atoms with Crippen LogP contribution in [0, 0.1) is 6.92 Å². The SMILES string of the molecule is Cc1ccc2c(c1)CCc1cc(OC(F)(F)F)ccc1-2. The van der Waals surface area contributed by atoms with Crippen molar-refractivity contribution in [3.8, 4) is 16.9 Å². The Labute approximate surface area is 115 Å². The third-order valence-electron chi connectivity index (χ3n) is 3.52. The Morgan fingerprint density at radius 1 is 0.900 bits per heavy atom. The average molecular weight is 278 g/mol. The van der Waals surface area contributed by atoms with Gasteiger partial charge in [-0.1, -0.05) is 29.8 Å². The number of hydrogen-bond donors (Lipinski definition) is 0. The molecule has 1 nitrogen and oxygen atoms in total. The van der Waals surface area contributed by atoms with Gasteiger partial charge in [-0.3, -0.25) is 0 Å². The van der Waals surface area contributed by atoms with Crippen molar-refractivity contribution in [1.29, 1.82) is 0 Å². The van der Waals surface area contributed by atoms with E-state index in [1.807, 2.05) is 19.1 Å². The average Bonchev–Trinajstić information content (AvgIpc) is 2.36. The molecule has 2 aromatic rings. The zero-order chi connectivity index (χ0) is 14.3. The van der Waals surface area contributed by atoms with Crippen molar-refractivity contribution in [3.63, 3.8) is 0 Å². The maximum absolute atomic E-state index is 12.2. The van der Waals surface area contributed by atoms with Crippen molar-refractivity contribution < 1.29 is 17.9 Å². The van der Waals surface area contributed by atoms with E-state index in [2.05, 4.69) is 10.8 Å². The molecule has 104 valence electrons. The van der Waals surface area contributed by atoms with Crippen LogP contribution in [0.4, 0.5) is 13.2 Å². The second-order valence-corrected chi connectivity index (χ2v) is 5.03. The molecule has 0 fully saturated rings. The standard InChI is InChI=1S/C16H13F3O/c1-10-2-6-14-11(8-10)3-4-12-9-13(5-7-15(12)14)20-16(17,18)19/h2,5-9H,3-4H2,1H3. The summed E-state index contributed by atoms with van der Waals surface area (Å²) in [7, 11) is 0. The zero-order valence-corrected chi connectivity index (χ0v) is 10.9. The van der Waals surface area contributed by atoms with E-state index in [0.29, 0.717) is 0 Å². The smallest absolute Gasteiger partial charge is 0.406 e. The summed E-state index contributed by atoms with van der Waals surface area (Å²) >= 11 is 0. The number of aryl methyl sites for hydroxylation is 3. The van der Waals surface area contributed by atoms with Crippen molar-refractivity contribution in [2.75, 3.05) is 0 Å². The molecule has 4 heteroatoms. The van der Waals surface area contributed by atoms with E-state index in [4.69, 9.17) is 0 Å². The van der Waals surface area contributed by atoms with Crippen LogP contribution in [-0.4, -0.2) is 6.36 Å². The number of rotatable bonds is 1. The van der Waals surface area contributed by atoms with Gasteiger partial charge in [0.25, 0.3) is 0 Å². The molecule has 0 N–H and O–H groups in total. The molecule has 0 saturated heterocycles. The molecule has 0 amide bonds. The van der Waals surface area contributed by atoms with E-state index in [-0.39, 0.29) is 5.75 Å². The second-order valence-electron chi connectivity index (χ2n) is 5.03. The first kappa shape index (κ1) is 13.0. The summed E-state index contributed by atoms with van der Waals surface area (Å²) in [5.41, 5.74) is 5.46. The molecule has 0 aliphatic heterocycles. The highest BCUT2D eigenvalue weighted by molar-refractivity contribution is 5.74. The minimum absolute atomic E-state index is 0.146. The first-order valence-electron chi connectivity index (χ1n) is 6.41. The number of halogens is 3. The minimum Gasteiger partial charge on any atom is -0.406 e. The first-order chi connectivity index (χ1) is 9.42. The minimum atomic E-state index is -4.64. The number of fused-ring (bicyclic) bond motifs is 3. The van der Waals surface area contributed by atoms with Gasteiger partial charge in [0, 0.05) is 0 Å². The number of alkyl halides is 3. The van der Waals surface area contributed by atoms with E-state index >= 15 is 0 Å². The van der Waals surface area contributed by atoms with Gasteiger partial charge in [-0.25, -0.2) is 0 Å². The lowest BCUT2D eigenvalue weighted by Crippen LogP contribution is -2.17. The van der Waals surface area contributed by atoms with Gasteiger partial charge in [-0.2, -0.15) is 0 Å². The molecule has 0 spiro atoms. The van der Waals surface area contributed by atoms with Gasteiger partial charge in [0.2, 0.25) is 0 Å². The lowest BCUT2D eigenvalue weighted by atomic mass is 9.85. The van der Waals surface area contributed by atoms with E-state index in [1.54, 1.807) is 6.07 Å². The van der Waals surface area contributed by atoms with E-state index in [0.717, 1.165) is 29.5 Å². The Morgan fingerprint density at radius 2 is 1.50 bits per heavy atom. The van der Waals surface area contributed by atoms with Crippen LogP contribution in [0.25, 0.3) is 11.1 Å². The van der Waals surface area contributed by atoms with Crippen LogP contribution in [0.3, 0.4) is 0 Å². The summed E-state index contributed by atoms with van der Waals surface area (Å²) in [6, 6.07) is 10.8. The van der Waals surface area contributed by atoms with Crippen molar-refractivity contribution in [3.05, 3.63) is 53.1 Å². The molecule has 0 bridgehead atoms. The molecular weight excluding hydrogens is 265 g/mol. The Kier molecular flexibility index (Phi) is 2.96. The van der Waals surface area contributed by atoms with Crippen molar-refractivity contribution >= 4 is 0 Å². The van der Waals surface area contributed by atoms with Gasteiger partial charge >= 0.3 is 6.36 Å². The summed E-state index contributed by atoms with van der Waals surface area (Å²) in [5.74, 6) is -0.146. The molecule has 0 aromatic heterocycles. The fourth-order valence-corrected chi connectivity index (χ4v) is 2.70. The molecule has 0 saturated carbocycles. The van der Waals surface area contributed by atoms with E-state index < -0.39 is 6.36 Å². The summed E-state index contributed by atoms with van der Waals surface area (Å²) in [6.07, 6.45) is -3.06. The largest absolute Gasteiger partial charge is 0.573 e. The molecule has 2 aromatic carbocycles. The summed E-state index contributed by atoms with van der Waals surface area (Å²) in [6.45, 7) is 2.04. The van der Waals surface area contributed by atoms with Crippen LogP contribution < -0.4 is 4.74 Å². The third-order valence-corrected chi connectivity index (χ3v) is 3.52. The molecule has 0 unspecified atom stereocenters. The van der Waals surface area contributed by atoms with Gasteiger partial charge in [0.1, 0.15) is 5.75 Å². The number of benzene rings is 2. The lowest BCUT2D eigenvalue weighted by Gasteiger charge is -2.21. The lowest BCUT2D eigenvalue weighted by molar-refractivity contribution is -0.274. The Balaban J connectivity index is 2.01. The van der Waals surface area contributed by atoms with Gasteiger partial charge in [-0.15, -0.1) is 13.2 Å². The molecule has 3 rings (SSSR count). The van der Waals surface area contributed by atoms with Crippen LogP contribution in [0.15, 0.2) is 36.4 Å². The van der Waals surface area contributed by atoms with Crippen LogP contribution >= 0.6 is 0 Å². The fraction of sp³-hybridized carbons (Fsp3) is 0.250. The molecule has 0 radical (unpaired) electrons. The highest BCUT2D eigenvalue weighted by Crippen LogP contribution is 2.36. The predicted molar refractivity (Wildman–Crippen MR) is 70.7 cm³/mol. The summed E-state index contributed by atoms with van der Waals surface area (Å²) in [4.78, 5) is 0. The molecule has 0 atom stereocenters. The normalized spacial score (nSPS) is 13.6. The predicted octanol–water partition coefficient (Wildman–Crippen LogP) is 4.66. The van der Waals surface area contributed by atoms with Gasteiger partial charge in [-0.05, 0) is 54.2 Å². The highest BCUT2D eigenvalue weighted by Gasteiger charge is 2.31. The molecule has 20 heavy (non-hydrogen) atoms. The van der Waals surface area contributed by atoms with Crippen molar-refractivity contribution in [2.24, 2.45) is 0 Å². The van der Waals surface area contributed by atoms with Crippen molar-refractivity contribution in [1.82, 2.24) is 0 Å². The second kappa shape index (κ2) is 4.54. The van der Waals surface area contributed by atoms with E-state index in [9.17, 15) is 13.2 Å². The molecule has 1 aliphatic rings. The van der Waals surface area contributed by atoms with Crippen LogP contribution in [0.1, 0.15) is 16.7 Å². The van der Waals surface area contributed by atoms with Crippen LogP contribution in [0.5, 0.6) is 5.75 Å². The summed E-state index contributed by atoms with van der Waals surface area (Å²) in [5, 5.41) is 0.